The maximum absolute atomic E-state index is 13.6. The van der Waals surface area contributed by atoms with E-state index < -0.39 is 0 Å². The SMILES string of the molecule is O=C(CCO)N1CC[C@@]2(C[C@H](Nc3ncccc3F)CO2)C1. The predicted molar refractivity (Wildman–Crippen MR) is 77.8 cm³/mol. The molecular weight excluding hydrogens is 289 g/mol. The lowest BCUT2D eigenvalue weighted by atomic mass is 9.97. The zero-order valence-corrected chi connectivity index (χ0v) is 12.3. The standard InChI is InChI=1S/C15H20FN3O3/c16-12-2-1-5-17-14(12)18-11-8-15(22-9-11)4-6-19(10-15)13(21)3-7-20/h1-2,5,11,20H,3-4,6-10H2,(H,17,18)/t11-,15+/m0/s1. The second-order valence-electron chi connectivity index (χ2n) is 5.91. The summed E-state index contributed by atoms with van der Waals surface area (Å²) >= 11 is 0. The van der Waals surface area contributed by atoms with Gasteiger partial charge < -0.3 is 20.1 Å². The maximum atomic E-state index is 13.6. The van der Waals surface area contributed by atoms with Gasteiger partial charge in [0, 0.05) is 32.1 Å². The molecule has 22 heavy (non-hydrogen) atoms. The molecule has 3 heterocycles. The molecule has 1 aromatic rings. The first-order valence-corrected chi connectivity index (χ1v) is 7.51. The van der Waals surface area contributed by atoms with Crippen LogP contribution in [-0.2, 0) is 9.53 Å². The lowest BCUT2D eigenvalue weighted by Gasteiger charge is -2.23. The fraction of sp³-hybridized carbons (Fsp3) is 0.600. The Labute approximate surface area is 128 Å². The van der Waals surface area contributed by atoms with E-state index in [1.807, 2.05) is 0 Å². The van der Waals surface area contributed by atoms with Crippen LogP contribution in [0.5, 0.6) is 0 Å². The molecule has 2 aliphatic rings. The van der Waals surface area contributed by atoms with Crippen molar-refractivity contribution in [3.8, 4) is 0 Å². The average molecular weight is 309 g/mol. The van der Waals surface area contributed by atoms with Crippen LogP contribution in [0.1, 0.15) is 19.3 Å². The number of halogens is 1. The van der Waals surface area contributed by atoms with Crippen LogP contribution in [0, 0.1) is 5.82 Å². The fourth-order valence-electron chi connectivity index (χ4n) is 3.22. The second kappa shape index (κ2) is 6.18. The van der Waals surface area contributed by atoms with Crippen molar-refractivity contribution >= 4 is 11.7 Å². The summed E-state index contributed by atoms with van der Waals surface area (Å²) in [6.45, 7) is 1.52. The minimum absolute atomic E-state index is 0.0164. The van der Waals surface area contributed by atoms with Crippen molar-refractivity contribution in [1.82, 2.24) is 9.88 Å². The smallest absolute Gasteiger partial charge is 0.224 e. The van der Waals surface area contributed by atoms with Crippen LogP contribution < -0.4 is 5.32 Å². The van der Waals surface area contributed by atoms with Gasteiger partial charge in [-0.1, -0.05) is 0 Å². The summed E-state index contributed by atoms with van der Waals surface area (Å²) in [5.74, 6) is -0.191. The van der Waals surface area contributed by atoms with E-state index in [2.05, 4.69) is 10.3 Å². The summed E-state index contributed by atoms with van der Waals surface area (Å²) in [7, 11) is 0. The Morgan fingerprint density at radius 1 is 1.64 bits per heavy atom. The van der Waals surface area contributed by atoms with Crippen LogP contribution in [0.2, 0.25) is 0 Å². The van der Waals surface area contributed by atoms with Gasteiger partial charge >= 0.3 is 0 Å². The third-order valence-corrected chi connectivity index (χ3v) is 4.30. The Morgan fingerprint density at radius 2 is 2.50 bits per heavy atom. The van der Waals surface area contributed by atoms with Gasteiger partial charge in [-0.3, -0.25) is 4.79 Å². The number of amides is 1. The van der Waals surface area contributed by atoms with Gasteiger partial charge in [0.15, 0.2) is 11.6 Å². The first-order chi connectivity index (χ1) is 10.6. The van der Waals surface area contributed by atoms with E-state index >= 15 is 0 Å². The van der Waals surface area contributed by atoms with E-state index in [9.17, 15) is 9.18 Å². The number of anilines is 1. The van der Waals surface area contributed by atoms with Gasteiger partial charge in [0.05, 0.1) is 24.9 Å². The van der Waals surface area contributed by atoms with Gasteiger partial charge in [-0.05, 0) is 18.6 Å². The number of likely N-dealkylation sites (tertiary alicyclic amines) is 1. The molecule has 0 bridgehead atoms. The number of aliphatic hydroxyl groups excluding tert-OH is 1. The average Bonchev–Trinajstić information content (AvgIpc) is 3.10. The summed E-state index contributed by atoms with van der Waals surface area (Å²) in [6.07, 6.45) is 3.18. The molecule has 7 heteroatoms. The number of aromatic nitrogens is 1. The highest BCUT2D eigenvalue weighted by atomic mass is 19.1. The maximum Gasteiger partial charge on any atom is 0.224 e. The quantitative estimate of drug-likeness (QED) is 0.859. The highest BCUT2D eigenvalue weighted by Crippen LogP contribution is 2.36. The molecule has 1 spiro atoms. The molecule has 6 nitrogen and oxygen atoms in total. The molecule has 1 aromatic heterocycles. The number of aliphatic hydroxyl groups is 1. The first kappa shape index (κ1) is 15.2. The second-order valence-corrected chi connectivity index (χ2v) is 5.91. The van der Waals surface area contributed by atoms with Crippen molar-refractivity contribution < 1.29 is 19.0 Å². The van der Waals surface area contributed by atoms with Crippen molar-refractivity contribution in [2.24, 2.45) is 0 Å². The highest BCUT2D eigenvalue weighted by molar-refractivity contribution is 5.76. The minimum Gasteiger partial charge on any atom is -0.396 e. The lowest BCUT2D eigenvalue weighted by Crippen LogP contribution is -2.36. The molecule has 0 aliphatic carbocycles. The molecule has 3 rings (SSSR count). The molecule has 0 radical (unpaired) electrons. The van der Waals surface area contributed by atoms with Crippen LogP contribution in [-0.4, -0.2) is 58.8 Å². The number of nitrogens with one attached hydrogen (secondary N) is 1. The molecule has 0 aromatic carbocycles. The molecule has 0 saturated carbocycles. The molecule has 1 amide bonds. The van der Waals surface area contributed by atoms with Crippen LogP contribution >= 0.6 is 0 Å². The molecular formula is C15H20FN3O3. The number of nitrogens with zero attached hydrogens (tertiary/aromatic N) is 2. The number of pyridine rings is 1. The largest absolute Gasteiger partial charge is 0.396 e. The Morgan fingerprint density at radius 3 is 3.27 bits per heavy atom. The monoisotopic (exact) mass is 309 g/mol. The fourth-order valence-corrected chi connectivity index (χ4v) is 3.22. The van der Waals surface area contributed by atoms with Crippen molar-refractivity contribution in [3.05, 3.63) is 24.1 Å². The summed E-state index contributed by atoms with van der Waals surface area (Å²) in [4.78, 5) is 17.6. The van der Waals surface area contributed by atoms with Gasteiger partial charge in [0.2, 0.25) is 5.91 Å². The number of rotatable bonds is 4. The highest BCUT2D eigenvalue weighted by Gasteiger charge is 2.46. The number of ether oxygens (including phenoxy) is 1. The lowest BCUT2D eigenvalue weighted by molar-refractivity contribution is -0.131. The van der Waals surface area contributed by atoms with E-state index in [0.717, 1.165) is 6.42 Å². The third-order valence-electron chi connectivity index (χ3n) is 4.30. The number of hydrogen-bond acceptors (Lipinski definition) is 5. The molecule has 2 fully saturated rings. The molecule has 2 saturated heterocycles. The summed E-state index contributed by atoms with van der Waals surface area (Å²) in [5, 5.41) is 11.9. The Hall–Kier alpha value is -1.73. The van der Waals surface area contributed by atoms with Gasteiger partial charge in [-0.2, -0.15) is 0 Å². The van der Waals surface area contributed by atoms with Crippen molar-refractivity contribution in [3.63, 3.8) is 0 Å². The van der Waals surface area contributed by atoms with E-state index in [-0.39, 0.29) is 42.2 Å². The Balaban J connectivity index is 1.59. The van der Waals surface area contributed by atoms with E-state index in [4.69, 9.17) is 9.84 Å². The summed E-state index contributed by atoms with van der Waals surface area (Å²) < 4.78 is 19.5. The Kier molecular flexibility index (Phi) is 4.26. The van der Waals surface area contributed by atoms with Crippen LogP contribution in [0.15, 0.2) is 18.3 Å². The van der Waals surface area contributed by atoms with Crippen molar-refractivity contribution in [2.75, 3.05) is 31.6 Å². The molecule has 0 unspecified atom stereocenters. The summed E-state index contributed by atoms with van der Waals surface area (Å²) in [6, 6.07) is 2.90. The van der Waals surface area contributed by atoms with Gasteiger partial charge in [-0.25, -0.2) is 9.37 Å². The van der Waals surface area contributed by atoms with Crippen molar-refractivity contribution in [2.45, 2.75) is 30.9 Å². The zero-order chi connectivity index (χ0) is 15.6. The third kappa shape index (κ3) is 3.05. The number of hydrogen-bond donors (Lipinski definition) is 2. The molecule has 2 atom stereocenters. The van der Waals surface area contributed by atoms with E-state index in [1.165, 1.54) is 6.07 Å². The number of carbonyl (C=O) groups is 1. The first-order valence-electron chi connectivity index (χ1n) is 7.51. The van der Waals surface area contributed by atoms with Crippen LogP contribution in [0.4, 0.5) is 10.2 Å². The molecule has 2 N–H and O–H groups in total. The van der Waals surface area contributed by atoms with Crippen molar-refractivity contribution in [1.29, 1.82) is 0 Å². The van der Waals surface area contributed by atoms with Gasteiger partial charge in [0.1, 0.15) is 0 Å². The molecule has 120 valence electrons. The zero-order valence-electron chi connectivity index (χ0n) is 12.3. The summed E-state index contributed by atoms with van der Waals surface area (Å²) in [5.41, 5.74) is -0.353. The Bertz CT molecular complexity index is 557. The number of carbonyl (C=O) groups excluding carboxylic acids is 1. The normalized spacial score (nSPS) is 27.5. The van der Waals surface area contributed by atoms with Crippen LogP contribution in [0.25, 0.3) is 0 Å². The van der Waals surface area contributed by atoms with Gasteiger partial charge in [0.25, 0.3) is 0 Å². The van der Waals surface area contributed by atoms with E-state index in [1.54, 1.807) is 17.2 Å². The van der Waals surface area contributed by atoms with E-state index in [0.29, 0.717) is 26.1 Å². The topological polar surface area (TPSA) is 74.7 Å². The van der Waals surface area contributed by atoms with Crippen LogP contribution in [0.3, 0.4) is 0 Å². The minimum atomic E-state index is -0.380. The van der Waals surface area contributed by atoms with Gasteiger partial charge in [-0.15, -0.1) is 0 Å². The predicted octanol–water partition coefficient (Wildman–Crippen LogP) is 0.775. The molecule has 2 aliphatic heterocycles.